The summed E-state index contributed by atoms with van der Waals surface area (Å²) in [6.07, 6.45) is -1.99. The summed E-state index contributed by atoms with van der Waals surface area (Å²) >= 11 is 0. The maximum Gasteiger partial charge on any atom is 0.412 e. The van der Waals surface area contributed by atoms with Gasteiger partial charge < -0.3 is 19.7 Å². The second-order valence-corrected chi connectivity index (χ2v) is 5.92. The van der Waals surface area contributed by atoms with Crippen molar-refractivity contribution in [3.8, 4) is 0 Å². The van der Waals surface area contributed by atoms with Crippen LogP contribution in [-0.2, 0) is 14.3 Å². The number of carboxylic acid groups (broad SMARTS) is 1. The molecular formula is C12H21NO6. The van der Waals surface area contributed by atoms with Crippen molar-refractivity contribution in [2.24, 2.45) is 0 Å². The first-order valence-electron chi connectivity index (χ1n) is 6.08. The topological polar surface area (TPSA) is 96.3 Å². The van der Waals surface area contributed by atoms with Gasteiger partial charge in [-0.05, 0) is 34.1 Å². The van der Waals surface area contributed by atoms with Gasteiger partial charge in [-0.15, -0.1) is 0 Å². The van der Waals surface area contributed by atoms with Crippen LogP contribution < -0.4 is 0 Å². The molecule has 1 unspecified atom stereocenters. The number of amides is 1. The van der Waals surface area contributed by atoms with Gasteiger partial charge in [0, 0.05) is 6.54 Å². The number of aliphatic carboxylic acids is 1. The average Bonchev–Trinajstić information content (AvgIpc) is 2.33. The van der Waals surface area contributed by atoms with E-state index in [1.165, 1.54) is 6.92 Å². The van der Waals surface area contributed by atoms with Crippen LogP contribution in [-0.4, -0.2) is 57.8 Å². The fourth-order valence-corrected chi connectivity index (χ4v) is 1.61. The summed E-state index contributed by atoms with van der Waals surface area (Å²) in [5.41, 5.74) is -1.89. The quantitative estimate of drug-likeness (QED) is 0.735. The van der Waals surface area contributed by atoms with E-state index in [1.54, 1.807) is 20.8 Å². The largest absolute Gasteiger partial charge is 0.478 e. The second kappa shape index (κ2) is 5.34. The molecule has 1 heterocycles. The first-order chi connectivity index (χ1) is 8.52. The molecule has 1 aliphatic heterocycles. The van der Waals surface area contributed by atoms with E-state index in [0.29, 0.717) is 0 Å². The number of rotatable bonds is 1. The molecule has 1 fully saturated rings. The summed E-state index contributed by atoms with van der Waals surface area (Å²) in [6.45, 7) is 6.51. The van der Waals surface area contributed by atoms with Crippen molar-refractivity contribution in [2.75, 3.05) is 13.2 Å². The number of carbonyl (C=O) groups is 2. The zero-order valence-corrected chi connectivity index (χ0v) is 11.7. The number of ether oxygens (including phenoxy) is 2. The molecule has 0 aliphatic carbocycles. The molecule has 0 aromatic rings. The van der Waals surface area contributed by atoms with E-state index in [1.807, 2.05) is 0 Å². The lowest BCUT2D eigenvalue weighted by molar-refractivity contribution is -0.165. The van der Waals surface area contributed by atoms with E-state index in [0.717, 1.165) is 4.90 Å². The average molecular weight is 275 g/mol. The Hall–Kier alpha value is -1.34. The Morgan fingerprint density at radius 2 is 2.00 bits per heavy atom. The molecule has 7 heteroatoms. The molecule has 2 N–H and O–H groups in total. The minimum absolute atomic E-state index is 0.0544. The lowest BCUT2D eigenvalue weighted by Gasteiger charge is -2.29. The zero-order chi connectivity index (χ0) is 14.8. The monoisotopic (exact) mass is 275 g/mol. The molecule has 7 nitrogen and oxygen atoms in total. The van der Waals surface area contributed by atoms with Crippen molar-refractivity contribution in [1.29, 1.82) is 0 Å². The van der Waals surface area contributed by atoms with E-state index in [9.17, 15) is 14.7 Å². The molecule has 0 bridgehead atoms. The zero-order valence-electron chi connectivity index (χ0n) is 11.7. The third-order valence-corrected chi connectivity index (χ3v) is 2.57. The maximum atomic E-state index is 12.0. The lowest BCUT2D eigenvalue weighted by Crippen LogP contribution is -2.48. The molecule has 2 atom stereocenters. The molecule has 0 aromatic carbocycles. The van der Waals surface area contributed by atoms with Gasteiger partial charge in [0.1, 0.15) is 5.60 Å². The number of nitrogens with zero attached hydrogens (tertiary/aromatic N) is 1. The molecule has 0 spiro atoms. The van der Waals surface area contributed by atoms with E-state index < -0.39 is 29.5 Å². The van der Waals surface area contributed by atoms with Crippen molar-refractivity contribution in [3.63, 3.8) is 0 Å². The molecule has 0 aromatic heterocycles. The first kappa shape index (κ1) is 15.7. The van der Waals surface area contributed by atoms with Gasteiger partial charge >= 0.3 is 12.1 Å². The van der Waals surface area contributed by atoms with Crippen LogP contribution in [0, 0.1) is 0 Å². The molecule has 0 saturated carbocycles. The second-order valence-electron chi connectivity index (χ2n) is 5.92. The Bertz CT molecular complexity index is 360. The van der Waals surface area contributed by atoms with Crippen LogP contribution in [0.3, 0.4) is 0 Å². The van der Waals surface area contributed by atoms with Gasteiger partial charge in [-0.2, -0.15) is 0 Å². The van der Waals surface area contributed by atoms with Gasteiger partial charge in [-0.1, -0.05) is 0 Å². The minimum Gasteiger partial charge on any atom is -0.478 e. The highest BCUT2D eigenvalue weighted by atomic mass is 16.6. The maximum absolute atomic E-state index is 12.0. The Morgan fingerprint density at radius 1 is 1.42 bits per heavy atom. The number of carboxylic acids is 1. The van der Waals surface area contributed by atoms with Gasteiger partial charge in [0.15, 0.2) is 0 Å². The summed E-state index contributed by atoms with van der Waals surface area (Å²) in [4.78, 5) is 24.1. The SMILES string of the molecule is CC1(O)CCN(C(=O)OC(C)(C)C)[C@@H](C(=O)O)OC1. The summed E-state index contributed by atoms with van der Waals surface area (Å²) in [7, 11) is 0. The number of carbonyl (C=O) groups excluding carboxylic acids is 1. The molecule has 1 aliphatic rings. The van der Waals surface area contributed by atoms with Crippen LogP contribution in [0.2, 0.25) is 0 Å². The van der Waals surface area contributed by atoms with E-state index in [-0.39, 0.29) is 19.6 Å². The minimum atomic E-state index is -1.44. The van der Waals surface area contributed by atoms with Crippen LogP contribution in [0.1, 0.15) is 34.1 Å². The number of hydrogen-bond donors (Lipinski definition) is 2. The fourth-order valence-electron chi connectivity index (χ4n) is 1.61. The summed E-state index contributed by atoms with van der Waals surface area (Å²) in [5, 5.41) is 19.0. The highest BCUT2D eigenvalue weighted by Gasteiger charge is 2.39. The van der Waals surface area contributed by atoms with Gasteiger partial charge in [0.25, 0.3) is 0 Å². The van der Waals surface area contributed by atoms with Gasteiger partial charge in [-0.25, -0.2) is 9.59 Å². The molecule has 1 rings (SSSR count). The number of hydrogen-bond acceptors (Lipinski definition) is 5. The smallest absolute Gasteiger partial charge is 0.412 e. The fraction of sp³-hybridized carbons (Fsp3) is 0.833. The molecule has 1 saturated heterocycles. The third kappa shape index (κ3) is 4.68. The molecule has 0 radical (unpaired) electrons. The van der Waals surface area contributed by atoms with Crippen LogP contribution >= 0.6 is 0 Å². The van der Waals surface area contributed by atoms with E-state index in [4.69, 9.17) is 14.6 Å². The van der Waals surface area contributed by atoms with E-state index in [2.05, 4.69) is 0 Å². The standard InChI is InChI=1S/C12H21NO6/c1-11(2,3)19-10(16)13-6-5-12(4,17)7-18-8(13)9(14)15/h8,17H,5-7H2,1-4H3,(H,14,15)/t8-,12?/m1/s1. The van der Waals surface area contributed by atoms with Gasteiger partial charge in [0.05, 0.1) is 12.2 Å². The van der Waals surface area contributed by atoms with Gasteiger partial charge in [0.2, 0.25) is 6.23 Å². The highest BCUT2D eigenvalue weighted by Crippen LogP contribution is 2.21. The molecule has 1 amide bonds. The van der Waals surface area contributed by atoms with Crippen molar-refractivity contribution >= 4 is 12.1 Å². The van der Waals surface area contributed by atoms with Crippen molar-refractivity contribution in [1.82, 2.24) is 4.90 Å². The lowest BCUT2D eigenvalue weighted by atomic mass is 10.0. The predicted molar refractivity (Wildman–Crippen MR) is 65.6 cm³/mol. The van der Waals surface area contributed by atoms with Crippen molar-refractivity contribution in [2.45, 2.75) is 51.5 Å². The van der Waals surface area contributed by atoms with Crippen LogP contribution in [0.15, 0.2) is 0 Å². The van der Waals surface area contributed by atoms with Gasteiger partial charge in [-0.3, -0.25) is 4.90 Å². The summed E-state index contributed by atoms with van der Waals surface area (Å²) in [5.74, 6) is -1.29. The van der Waals surface area contributed by atoms with Crippen LogP contribution in [0.5, 0.6) is 0 Å². The summed E-state index contributed by atoms with van der Waals surface area (Å²) < 4.78 is 10.2. The number of aliphatic hydroxyl groups is 1. The van der Waals surface area contributed by atoms with Crippen molar-refractivity contribution in [3.05, 3.63) is 0 Å². The van der Waals surface area contributed by atoms with Crippen LogP contribution in [0.25, 0.3) is 0 Å². The first-order valence-corrected chi connectivity index (χ1v) is 6.08. The Balaban J connectivity index is 2.87. The molecule has 110 valence electrons. The molecule has 19 heavy (non-hydrogen) atoms. The Kier molecular flexibility index (Phi) is 4.42. The molecular weight excluding hydrogens is 254 g/mol. The predicted octanol–water partition coefficient (Wildman–Crippen LogP) is 0.806. The normalized spacial score (nSPS) is 28.7. The third-order valence-electron chi connectivity index (χ3n) is 2.57. The van der Waals surface area contributed by atoms with Crippen molar-refractivity contribution < 1.29 is 29.3 Å². The van der Waals surface area contributed by atoms with Crippen LogP contribution in [0.4, 0.5) is 4.79 Å². The van der Waals surface area contributed by atoms with E-state index >= 15 is 0 Å². The Morgan fingerprint density at radius 3 is 2.47 bits per heavy atom. The summed E-state index contributed by atoms with van der Waals surface area (Å²) in [6, 6.07) is 0. The Labute approximate surface area is 112 Å². The highest BCUT2D eigenvalue weighted by molar-refractivity contribution is 5.79.